The van der Waals surface area contributed by atoms with Crippen LogP contribution in [-0.4, -0.2) is 62.2 Å². The number of rotatable bonds is 1. The average molecular weight is 601 g/mol. The third-order valence-corrected chi connectivity index (χ3v) is 11.5. The van der Waals surface area contributed by atoms with Crippen LogP contribution >= 0.6 is 11.6 Å². The van der Waals surface area contributed by atoms with Crippen molar-refractivity contribution in [3.63, 3.8) is 0 Å². The van der Waals surface area contributed by atoms with E-state index in [1.165, 1.54) is 11.1 Å². The first-order valence-electron chi connectivity index (χ1n) is 14.5. The minimum absolute atomic E-state index is 0.0871. The Hall–Kier alpha value is -2.59. The number of carbonyl (C=O) groups is 1. The zero-order valence-electron chi connectivity index (χ0n) is 23.0. The third kappa shape index (κ3) is 5.49. The van der Waals surface area contributed by atoms with Gasteiger partial charge in [0.05, 0.1) is 25.0 Å². The second-order valence-electron chi connectivity index (χ2n) is 12.1. The SMILES string of the molecule is O=C1NS(=O)(=O)[C@H](CO)CC/C=C\[C@H](O)[C@@H]2CC[C@H]2CN2C[C@@]3(CCCc4cc(Cl)ccc43)COc3ccc1cc32. The maximum absolute atomic E-state index is 13.2. The van der Waals surface area contributed by atoms with Crippen molar-refractivity contribution >= 4 is 33.2 Å². The van der Waals surface area contributed by atoms with E-state index in [0.717, 1.165) is 42.8 Å². The third-order valence-electron chi connectivity index (χ3n) is 9.54. The summed E-state index contributed by atoms with van der Waals surface area (Å²) in [7, 11) is -4.12. The predicted molar refractivity (Wildman–Crippen MR) is 158 cm³/mol. The lowest BCUT2D eigenvalue weighted by molar-refractivity contribution is 0.0456. The zero-order valence-corrected chi connectivity index (χ0v) is 24.5. The first-order valence-corrected chi connectivity index (χ1v) is 16.4. The largest absolute Gasteiger partial charge is 0.490 e. The van der Waals surface area contributed by atoms with Crippen LogP contribution in [0.1, 0.15) is 60.0 Å². The number of nitrogens with one attached hydrogen (secondary N) is 1. The lowest BCUT2D eigenvalue weighted by Gasteiger charge is -2.45. The van der Waals surface area contributed by atoms with Crippen molar-refractivity contribution in [2.45, 2.75) is 61.7 Å². The van der Waals surface area contributed by atoms with Crippen LogP contribution in [0.2, 0.25) is 5.02 Å². The van der Waals surface area contributed by atoms with Gasteiger partial charge < -0.3 is 19.8 Å². The Balaban J connectivity index is 1.42. The highest BCUT2D eigenvalue weighted by atomic mass is 35.5. The maximum Gasteiger partial charge on any atom is 0.264 e. The van der Waals surface area contributed by atoms with E-state index in [1.807, 2.05) is 6.07 Å². The van der Waals surface area contributed by atoms with Gasteiger partial charge in [-0.2, -0.15) is 0 Å². The van der Waals surface area contributed by atoms with Gasteiger partial charge in [0.25, 0.3) is 5.91 Å². The monoisotopic (exact) mass is 600 g/mol. The molecule has 3 N–H and O–H groups in total. The molecule has 2 aromatic rings. The number of ether oxygens (including phenoxy) is 1. The molecule has 2 aromatic carbocycles. The summed E-state index contributed by atoms with van der Waals surface area (Å²) < 4.78 is 34.6. The Morgan fingerprint density at radius 1 is 1.15 bits per heavy atom. The molecule has 220 valence electrons. The summed E-state index contributed by atoms with van der Waals surface area (Å²) in [6, 6.07) is 11.2. The van der Waals surface area contributed by atoms with Gasteiger partial charge in [0.1, 0.15) is 11.0 Å². The van der Waals surface area contributed by atoms with Crippen molar-refractivity contribution in [3.8, 4) is 5.75 Å². The minimum atomic E-state index is -4.12. The number of carbonyl (C=O) groups excluding carboxylic acids is 1. The number of halogens is 1. The fourth-order valence-electron chi connectivity index (χ4n) is 7.09. The van der Waals surface area contributed by atoms with E-state index in [1.54, 1.807) is 30.4 Å². The Kier molecular flexibility index (Phi) is 7.82. The Morgan fingerprint density at radius 2 is 2.00 bits per heavy atom. The van der Waals surface area contributed by atoms with Gasteiger partial charge in [-0.25, -0.2) is 13.1 Å². The molecule has 41 heavy (non-hydrogen) atoms. The van der Waals surface area contributed by atoms with Gasteiger partial charge >= 0.3 is 0 Å². The summed E-state index contributed by atoms with van der Waals surface area (Å²) >= 11 is 6.36. The van der Waals surface area contributed by atoms with Crippen LogP contribution in [0, 0.1) is 11.8 Å². The number of aliphatic hydroxyl groups is 2. The molecule has 4 aliphatic rings. The minimum Gasteiger partial charge on any atom is -0.490 e. The number of hydrogen-bond acceptors (Lipinski definition) is 7. The van der Waals surface area contributed by atoms with Gasteiger partial charge in [0.2, 0.25) is 10.0 Å². The van der Waals surface area contributed by atoms with Crippen molar-refractivity contribution in [2.75, 3.05) is 31.2 Å². The second kappa shape index (κ2) is 11.2. The first-order chi connectivity index (χ1) is 19.7. The molecule has 2 aliphatic carbocycles. The molecule has 2 heterocycles. The average Bonchev–Trinajstić information content (AvgIpc) is 3.07. The smallest absolute Gasteiger partial charge is 0.264 e. The summed E-state index contributed by atoms with van der Waals surface area (Å²) in [5.74, 6) is 0.251. The fraction of sp³-hybridized carbons (Fsp3) is 0.516. The number of hydrogen-bond donors (Lipinski definition) is 3. The summed E-state index contributed by atoms with van der Waals surface area (Å²) in [5, 5.41) is 20.4. The first kappa shape index (κ1) is 28.5. The Bertz CT molecular complexity index is 1460. The number of amides is 1. The summed E-state index contributed by atoms with van der Waals surface area (Å²) in [4.78, 5) is 15.5. The van der Waals surface area contributed by atoms with Gasteiger partial charge in [0.15, 0.2) is 0 Å². The summed E-state index contributed by atoms with van der Waals surface area (Å²) in [5.41, 5.74) is 3.14. The number of fused-ring (bicyclic) bond motifs is 4. The standard InChI is InChI=1S/C31H37ClN2O6S/c32-23-9-11-26-20(14-23)4-3-13-31(26)18-34-16-22-7-10-25(22)28(36)6-2-1-5-24(17-35)41(38,39)33-30(37)21-8-12-29(40-19-31)27(34)15-21/h2,6,8-9,11-12,14-15,22,24-25,28,35-36H,1,3-5,7,10,13,16-19H2,(H,33,37)/b6-2-/t22-,24-,25+,28-,31-/m0/s1. The molecular weight excluding hydrogens is 564 g/mol. The quantitative estimate of drug-likeness (QED) is 0.424. The molecule has 8 nitrogen and oxygen atoms in total. The number of aryl methyl sites for hydroxylation is 1. The molecule has 0 aromatic heterocycles. The van der Waals surface area contributed by atoms with E-state index < -0.39 is 33.9 Å². The van der Waals surface area contributed by atoms with Crippen molar-refractivity contribution < 1.29 is 28.2 Å². The molecule has 5 atom stereocenters. The van der Waals surface area contributed by atoms with Crippen LogP contribution in [0.25, 0.3) is 0 Å². The Morgan fingerprint density at radius 3 is 2.78 bits per heavy atom. The van der Waals surface area contributed by atoms with Crippen molar-refractivity contribution in [3.05, 3.63) is 70.3 Å². The van der Waals surface area contributed by atoms with E-state index in [4.69, 9.17) is 16.3 Å². The Labute approximate surface area is 246 Å². The highest BCUT2D eigenvalue weighted by Crippen LogP contribution is 2.46. The number of aliphatic hydroxyl groups excluding tert-OH is 2. The van der Waals surface area contributed by atoms with Crippen LogP contribution in [0.5, 0.6) is 5.75 Å². The normalized spacial score (nSPS) is 32.0. The van der Waals surface area contributed by atoms with Crippen molar-refractivity contribution in [1.82, 2.24) is 4.72 Å². The van der Waals surface area contributed by atoms with Crippen molar-refractivity contribution in [1.29, 1.82) is 0 Å². The molecule has 6 rings (SSSR count). The molecule has 0 unspecified atom stereocenters. The van der Waals surface area contributed by atoms with E-state index in [9.17, 15) is 23.4 Å². The molecular formula is C31H37ClN2O6S. The van der Waals surface area contributed by atoms with Gasteiger partial charge in [-0.3, -0.25) is 4.79 Å². The lowest BCUT2D eigenvalue weighted by Crippen LogP contribution is -2.49. The van der Waals surface area contributed by atoms with Crippen LogP contribution in [-0.2, 0) is 21.9 Å². The lowest BCUT2D eigenvalue weighted by atomic mass is 9.68. The second-order valence-corrected chi connectivity index (χ2v) is 14.5. The van der Waals surface area contributed by atoms with E-state index in [0.29, 0.717) is 31.9 Å². The van der Waals surface area contributed by atoms with Crippen LogP contribution < -0.4 is 14.4 Å². The summed E-state index contributed by atoms with van der Waals surface area (Å²) in [6.07, 6.45) is 8.22. The molecule has 0 saturated heterocycles. The van der Waals surface area contributed by atoms with Gasteiger partial charge in [-0.15, -0.1) is 0 Å². The molecule has 1 fully saturated rings. The van der Waals surface area contributed by atoms with Crippen molar-refractivity contribution in [2.24, 2.45) is 11.8 Å². The number of anilines is 1. The number of allylic oxidation sites excluding steroid dienone is 1. The molecule has 2 aliphatic heterocycles. The van der Waals surface area contributed by atoms with Crippen LogP contribution in [0.3, 0.4) is 0 Å². The highest BCUT2D eigenvalue weighted by Gasteiger charge is 2.44. The number of benzene rings is 2. The van der Waals surface area contributed by atoms with E-state index in [2.05, 4.69) is 21.8 Å². The van der Waals surface area contributed by atoms with Gasteiger partial charge in [-0.1, -0.05) is 29.8 Å². The maximum atomic E-state index is 13.2. The number of nitrogens with zero attached hydrogens (tertiary/aromatic N) is 1. The molecule has 1 spiro atoms. The molecule has 1 saturated carbocycles. The predicted octanol–water partition coefficient (Wildman–Crippen LogP) is 3.97. The van der Waals surface area contributed by atoms with Gasteiger partial charge in [0, 0.05) is 29.1 Å². The zero-order chi connectivity index (χ0) is 28.8. The molecule has 1 amide bonds. The summed E-state index contributed by atoms with van der Waals surface area (Å²) in [6.45, 7) is 1.22. The topological polar surface area (TPSA) is 116 Å². The molecule has 0 radical (unpaired) electrons. The fourth-order valence-corrected chi connectivity index (χ4v) is 8.47. The molecule has 10 heteroatoms. The van der Waals surface area contributed by atoms with Crippen LogP contribution in [0.15, 0.2) is 48.6 Å². The number of sulfonamides is 1. The van der Waals surface area contributed by atoms with Crippen LogP contribution in [0.4, 0.5) is 5.69 Å². The van der Waals surface area contributed by atoms with Gasteiger partial charge in [-0.05, 0) is 98.2 Å². The molecule has 2 bridgehead atoms. The highest BCUT2D eigenvalue weighted by molar-refractivity contribution is 7.90. The van der Waals surface area contributed by atoms with E-state index >= 15 is 0 Å². The van der Waals surface area contributed by atoms with E-state index in [-0.39, 0.29) is 29.2 Å².